The maximum Gasteiger partial charge on any atom is 0.337 e. The van der Waals surface area contributed by atoms with E-state index in [2.05, 4.69) is 36.5 Å². The number of esters is 1. The third-order valence-corrected chi connectivity index (χ3v) is 5.92. The number of carbonyl (C=O) groups excluding carboxylic acids is 2. The summed E-state index contributed by atoms with van der Waals surface area (Å²) < 4.78 is 18.1. The third kappa shape index (κ3) is 5.92. The number of urea groups is 1. The number of halogens is 2. The van der Waals surface area contributed by atoms with Gasteiger partial charge >= 0.3 is 12.0 Å². The van der Waals surface area contributed by atoms with Crippen molar-refractivity contribution < 1.29 is 18.7 Å². The van der Waals surface area contributed by atoms with Crippen molar-refractivity contribution in [2.45, 2.75) is 19.4 Å². The van der Waals surface area contributed by atoms with Crippen LogP contribution in [0, 0.1) is 5.82 Å². The topological polar surface area (TPSA) is 95.9 Å². The van der Waals surface area contributed by atoms with Gasteiger partial charge in [0.1, 0.15) is 5.82 Å². The summed E-state index contributed by atoms with van der Waals surface area (Å²) in [6.45, 7) is 2.91. The van der Waals surface area contributed by atoms with E-state index in [1.54, 1.807) is 32.3 Å². The third-order valence-electron chi connectivity index (χ3n) is 4.65. The van der Waals surface area contributed by atoms with Crippen molar-refractivity contribution in [1.82, 2.24) is 20.5 Å². The van der Waals surface area contributed by atoms with E-state index in [1.807, 2.05) is 10.3 Å². The Morgan fingerprint density at radius 2 is 2.22 bits per heavy atom. The summed E-state index contributed by atoms with van der Waals surface area (Å²) >= 11 is 4.62. The van der Waals surface area contributed by atoms with E-state index < -0.39 is 0 Å². The van der Waals surface area contributed by atoms with Crippen LogP contribution in [0.2, 0.25) is 0 Å². The minimum absolute atomic E-state index is 0.104. The average molecular weight is 524 g/mol. The van der Waals surface area contributed by atoms with Gasteiger partial charge in [0.25, 0.3) is 0 Å². The summed E-state index contributed by atoms with van der Waals surface area (Å²) in [5.74, 6) is 0.189. The number of fused-ring (bicyclic) bond motifs is 1. The fourth-order valence-electron chi connectivity index (χ4n) is 3.30. The normalized spacial score (nSPS) is 17.1. The zero-order chi connectivity index (χ0) is 23.1. The van der Waals surface area contributed by atoms with Crippen LogP contribution in [-0.2, 0) is 9.53 Å². The first-order valence-electron chi connectivity index (χ1n) is 9.93. The highest BCUT2D eigenvalue weighted by Gasteiger charge is 2.38. The zero-order valence-electron chi connectivity index (χ0n) is 17.6. The first kappa shape index (κ1) is 23.9. The van der Waals surface area contributed by atoms with Gasteiger partial charge in [-0.1, -0.05) is 22.0 Å². The molecule has 1 saturated heterocycles. The quantitative estimate of drug-likeness (QED) is 0.599. The Hall–Kier alpha value is -2.79. The van der Waals surface area contributed by atoms with Crippen LogP contribution < -0.4 is 10.6 Å². The van der Waals surface area contributed by atoms with Crippen molar-refractivity contribution in [1.29, 1.82) is 0 Å². The predicted octanol–water partition coefficient (Wildman–Crippen LogP) is 3.31. The summed E-state index contributed by atoms with van der Waals surface area (Å²) in [5.41, 5.74) is 1.41. The van der Waals surface area contributed by atoms with Gasteiger partial charge in [0.05, 0.1) is 24.8 Å². The number of carbonyl (C=O) groups is 2. The molecular weight excluding hydrogens is 501 g/mol. The number of benzene rings is 1. The van der Waals surface area contributed by atoms with E-state index in [0.717, 1.165) is 21.0 Å². The molecule has 4 rings (SSSR count). The maximum absolute atomic E-state index is 12.2. The fraction of sp³-hybridized carbons (Fsp3) is 0.333. The molecule has 32 heavy (non-hydrogen) atoms. The van der Waals surface area contributed by atoms with Crippen LogP contribution in [0.15, 0.2) is 56.6 Å². The molecule has 0 radical (unpaired) electrons. The molecule has 170 valence electrons. The molecule has 1 unspecified atom stereocenters. The van der Waals surface area contributed by atoms with Crippen LogP contribution in [-0.4, -0.2) is 60.5 Å². The molecule has 0 bridgehead atoms. The monoisotopic (exact) mass is 523 g/mol. The number of amides is 2. The van der Waals surface area contributed by atoms with E-state index in [1.165, 1.54) is 23.5 Å². The molecule has 0 saturated carbocycles. The zero-order valence-corrected chi connectivity index (χ0v) is 20.0. The van der Waals surface area contributed by atoms with Gasteiger partial charge in [0.2, 0.25) is 0 Å². The molecular formula is C21H23BrFN5O3S. The van der Waals surface area contributed by atoms with Gasteiger partial charge in [-0.25, -0.2) is 19.0 Å². The summed E-state index contributed by atoms with van der Waals surface area (Å²) in [5, 5.41) is 8.13. The van der Waals surface area contributed by atoms with Gasteiger partial charge in [-0.05, 0) is 25.1 Å². The highest BCUT2D eigenvalue weighted by atomic mass is 79.9. The first-order chi connectivity index (χ1) is 15.4. The minimum atomic E-state index is -0.347. The Morgan fingerprint density at radius 1 is 1.41 bits per heavy atom. The Labute approximate surface area is 197 Å². The van der Waals surface area contributed by atoms with Gasteiger partial charge < -0.3 is 20.3 Å². The predicted molar refractivity (Wildman–Crippen MR) is 124 cm³/mol. The number of hydrogen-bond donors (Lipinski definition) is 2. The van der Waals surface area contributed by atoms with Crippen LogP contribution in [0.5, 0.6) is 0 Å². The summed E-state index contributed by atoms with van der Waals surface area (Å²) in [6, 6.07) is 5.91. The summed E-state index contributed by atoms with van der Waals surface area (Å²) in [6.07, 6.45) is 2.29. The molecule has 2 amide bonds. The number of thiazole rings is 1. The Kier molecular flexibility index (Phi) is 8.34. The lowest BCUT2D eigenvalue weighted by Gasteiger charge is -2.26. The fourth-order valence-corrected chi connectivity index (χ4v) is 4.33. The number of rotatable bonds is 4. The van der Waals surface area contributed by atoms with Gasteiger partial charge in [0, 0.05) is 41.8 Å². The highest BCUT2D eigenvalue weighted by molar-refractivity contribution is 9.10. The molecule has 1 fully saturated rings. The largest absolute Gasteiger partial charge is 0.463 e. The molecule has 0 spiro atoms. The summed E-state index contributed by atoms with van der Waals surface area (Å²) in [4.78, 5) is 34.7. The van der Waals surface area contributed by atoms with Crippen LogP contribution in [0.1, 0.15) is 18.4 Å². The smallest absolute Gasteiger partial charge is 0.337 e. The number of nitrogens with one attached hydrogen (secondary N) is 2. The number of amidine groups is 1. The first-order valence-corrected chi connectivity index (χ1v) is 11.6. The number of aliphatic imine (C=N–C) groups is 1. The van der Waals surface area contributed by atoms with E-state index in [-0.39, 0.29) is 30.4 Å². The van der Waals surface area contributed by atoms with E-state index in [0.29, 0.717) is 25.1 Å². The molecule has 3 heterocycles. The highest BCUT2D eigenvalue weighted by Crippen LogP contribution is 2.31. The Morgan fingerprint density at radius 3 is 2.81 bits per heavy atom. The van der Waals surface area contributed by atoms with Crippen molar-refractivity contribution >= 4 is 45.1 Å². The molecule has 2 N–H and O–H groups in total. The van der Waals surface area contributed by atoms with E-state index in [9.17, 15) is 14.0 Å². The number of aromatic nitrogens is 1. The van der Waals surface area contributed by atoms with E-state index >= 15 is 0 Å². The second kappa shape index (κ2) is 11.2. The van der Waals surface area contributed by atoms with Gasteiger partial charge in [0.15, 0.2) is 10.8 Å². The number of nitrogens with zero attached hydrogens (tertiary/aromatic N) is 3. The standard InChI is InChI=1S/C15H19N5O3S.C6H4BrF/c1-3-23-14(21)10-7-18-12(13-17-4-5-24-13)20-8-9(6-11(10)20)19-15(22)16-2;7-5-2-1-3-6(8)4-5/h4-5,9H,3,6-8H2,1-2H3,(H2,16,19,22);1-4H. The van der Waals surface area contributed by atoms with Gasteiger partial charge in [-0.3, -0.25) is 4.99 Å². The van der Waals surface area contributed by atoms with E-state index in [4.69, 9.17) is 4.74 Å². The Bertz CT molecular complexity index is 1010. The molecule has 2 aromatic rings. The lowest BCUT2D eigenvalue weighted by atomic mass is 10.1. The van der Waals surface area contributed by atoms with Crippen molar-refractivity contribution in [2.24, 2.45) is 4.99 Å². The number of ether oxygens (including phenoxy) is 1. The SMILES string of the molecule is CCOC(=O)C1=C2CC(NC(=O)NC)CN2C(c2nccs2)=NC1.Fc1cccc(Br)c1. The van der Waals surface area contributed by atoms with Crippen LogP contribution in [0.3, 0.4) is 0 Å². The average Bonchev–Trinajstić information content (AvgIpc) is 3.43. The molecule has 0 aliphatic carbocycles. The lowest BCUT2D eigenvalue weighted by molar-refractivity contribution is -0.138. The second-order valence-electron chi connectivity index (χ2n) is 6.80. The van der Waals surface area contributed by atoms with Crippen molar-refractivity contribution in [3.05, 3.63) is 62.4 Å². The Balaban J connectivity index is 0.000000305. The van der Waals surface area contributed by atoms with Crippen molar-refractivity contribution in [2.75, 3.05) is 26.7 Å². The maximum atomic E-state index is 12.2. The molecule has 1 atom stereocenters. The molecule has 1 aromatic heterocycles. The minimum Gasteiger partial charge on any atom is -0.463 e. The second-order valence-corrected chi connectivity index (χ2v) is 8.61. The van der Waals surface area contributed by atoms with Gasteiger partial charge in [-0.15, -0.1) is 11.3 Å². The molecule has 1 aromatic carbocycles. The van der Waals surface area contributed by atoms with Crippen molar-refractivity contribution in [3.8, 4) is 0 Å². The van der Waals surface area contributed by atoms with Gasteiger partial charge in [-0.2, -0.15) is 0 Å². The van der Waals surface area contributed by atoms with Crippen LogP contribution in [0.4, 0.5) is 9.18 Å². The molecule has 2 aliphatic heterocycles. The molecule has 11 heteroatoms. The molecule has 2 aliphatic rings. The number of hydrogen-bond acceptors (Lipinski definition) is 7. The lowest BCUT2D eigenvalue weighted by Crippen LogP contribution is -2.42. The van der Waals surface area contributed by atoms with Crippen LogP contribution >= 0.6 is 27.3 Å². The van der Waals surface area contributed by atoms with Crippen molar-refractivity contribution in [3.63, 3.8) is 0 Å². The molecule has 8 nitrogen and oxygen atoms in total. The summed E-state index contributed by atoms with van der Waals surface area (Å²) in [7, 11) is 1.57. The van der Waals surface area contributed by atoms with Crippen LogP contribution in [0.25, 0.3) is 0 Å².